The van der Waals surface area contributed by atoms with Crippen molar-refractivity contribution in [3.63, 3.8) is 0 Å². The largest absolute Gasteiger partial charge is 0.478 e. The topological polar surface area (TPSA) is 92.5 Å². The summed E-state index contributed by atoms with van der Waals surface area (Å²) in [4.78, 5) is 11.5. The molecule has 0 radical (unpaired) electrons. The van der Waals surface area contributed by atoms with Gasteiger partial charge in [-0.25, -0.2) is 13.2 Å². The van der Waals surface area contributed by atoms with E-state index >= 15 is 0 Å². The fraction of sp³-hybridized carbons (Fsp3) is 0.333. The molecule has 122 valence electrons. The Morgan fingerprint density at radius 1 is 1.30 bits per heavy atom. The normalized spacial score (nSPS) is 14.3. The molecule has 0 unspecified atom stereocenters. The molecular formula is C15H17N3O4S. The first-order chi connectivity index (χ1) is 10.9. The first-order valence-corrected chi connectivity index (χ1v) is 8.73. The van der Waals surface area contributed by atoms with Crippen LogP contribution in [-0.2, 0) is 23.0 Å². The van der Waals surface area contributed by atoms with Gasteiger partial charge in [0.05, 0.1) is 23.1 Å². The molecule has 0 aliphatic carbocycles. The average molecular weight is 335 g/mol. The van der Waals surface area contributed by atoms with Gasteiger partial charge in [0, 0.05) is 13.6 Å². The minimum absolute atomic E-state index is 0.0559. The number of aryl methyl sites for hydroxylation is 1. The molecule has 3 rings (SSSR count). The zero-order valence-corrected chi connectivity index (χ0v) is 13.5. The van der Waals surface area contributed by atoms with E-state index in [0.29, 0.717) is 18.7 Å². The Hall–Kier alpha value is -2.35. The van der Waals surface area contributed by atoms with Crippen molar-refractivity contribution < 1.29 is 18.3 Å². The number of aromatic carboxylic acids is 1. The van der Waals surface area contributed by atoms with Crippen molar-refractivity contribution in [3.8, 4) is 0 Å². The van der Waals surface area contributed by atoms with E-state index in [1.165, 1.54) is 25.4 Å². The highest BCUT2D eigenvalue weighted by molar-refractivity contribution is 7.92. The second-order valence-electron chi connectivity index (χ2n) is 5.43. The van der Waals surface area contributed by atoms with Gasteiger partial charge in [0.15, 0.2) is 0 Å². The van der Waals surface area contributed by atoms with Crippen LogP contribution in [0.1, 0.15) is 28.9 Å². The molecule has 2 heterocycles. The van der Waals surface area contributed by atoms with Gasteiger partial charge in [-0.15, -0.1) is 0 Å². The van der Waals surface area contributed by atoms with Crippen LogP contribution in [0.3, 0.4) is 0 Å². The number of para-hydroxylation sites is 1. The van der Waals surface area contributed by atoms with Gasteiger partial charge in [0.2, 0.25) is 0 Å². The number of hydrogen-bond donors (Lipinski definition) is 1. The Labute approximate surface area is 134 Å². The van der Waals surface area contributed by atoms with Crippen LogP contribution >= 0.6 is 0 Å². The molecule has 0 amide bonds. The number of fused-ring (bicyclic) bond motifs is 1. The number of carbonyl (C=O) groups is 1. The minimum atomic E-state index is -3.86. The van der Waals surface area contributed by atoms with Crippen molar-refractivity contribution in [2.45, 2.75) is 30.7 Å². The monoisotopic (exact) mass is 335 g/mol. The maximum atomic E-state index is 12.9. The van der Waals surface area contributed by atoms with E-state index in [0.717, 1.165) is 17.1 Å². The van der Waals surface area contributed by atoms with E-state index in [1.807, 2.05) is 0 Å². The molecule has 0 saturated heterocycles. The number of aromatic nitrogens is 2. The molecule has 1 aliphatic rings. The van der Waals surface area contributed by atoms with Crippen LogP contribution in [-0.4, -0.2) is 36.3 Å². The second-order valence-corrected chi connectivity index (χ2v) is 7.37. The van der Waals surface area contributed by atoms with Crippen LogP contribution in [0.4, 0.5) is 5.69 Å². The van der Waals surface area contributed by atoms with Gasteiger partial charge in [-0.2, -0.15) is 5.10 Å². The summed E-state index contributed by atoms with van der Waals surface area (Å²) in [5.41, 5.74) is 0.770. The highest BCUT2D eigenvalue weighted by Crippen LogP contribution is 2.29. The van der Waals surface area contributed by atoms with E-state index in [2.05, 4.69) is 5.10 Å². The summed E-state index contributed by atoms with van der Waals surface area (Å²) in [5, 5.41) is 13.4. The van der Waals surface area contributed by atoms with Gasteiger partial charge < -0.3 is 5.11 Å². The zero-order valence-electron chi connectivity index (χ0n) is 12.6. The molecule has 0 spiro atoms. The van der Waals surface area contributed by atoms with Crippen molar-refractivity contribution in [1.82, 2.24) is 9.78 Å². The van der Waals surface area contributed by atoms with E-state index in [-0.39, 0.29) is 16.1 Å². The Bertz CT molecular complexity index is 857. The molecular weight excluding hydrogens is 318 g/mol. The van der Waals surface area contributed by atoms with Crippen LogP contribution in [0.25, 0.3) is 0 Å². The lowest BCUT2D eigenvalue weighted by atomic mass is 10.1. The van der Waals surface area contributed by atoms with Crippen LogP contribution in [0, 0.1) is 0 Å². The summed E-state index contributed by atoms with van der Waals surface area (Å²) < 4.78 is 28.6. The van der Waals surface area contributed by atoms with Crippen LogP contribution < -0.4 is 4.31 Å². The fourth-order valence-corrected chi connectivity index (χ4v) is 4.21. The third-order valence-corrected chi connectivity index (χ3v) is 5.87. The number of anilines is 1. The Kier molecular flexibility index (Phi) is 3.85. The SMILES string of the molecule is CN(c1ccccc1C(=O)O)S(=O)(=O)c1cnn2c1CCCC2. The Morgan fingerprint density at radius 2 is 2.04 bits per heavy atom. The van der Waals surface area contributed by atoms with Gasteiger partial charge in [0.25, 0.3) is 10.0 Å². The number of nitrogens with zero attached hydrogens (tertiary/aromatic N) is 3. The summed E-state index contributed by atoms with van der Waals surface area (Å²) in [6, 6.07) is 6.05. The lowest BCUT2D eigenvalue weighted by Crippen LogP contribution is -2.29. The van der Waals surface area contributed by atoms with Gasteiger partial charge in [-0.1, -0.05) is 12.1 Å². The van der Waals surface area contributed by atoms with Crippen molar-refractivity contribution in [2.24, 2.45) is 0 Å². The number of sulfonamides is 1. The van der Waals surface area contributed by atoms with Gasteiger partial charge >= 0.3 is 5.97 Å². The highest BCUT2D eigenvalue weighted by Gasteiger charge is 2.30. The molecule has 1 aliphatic heterocycles. The Balaban J connectivity index is 2.07. The van der Waals surface area contributed by atoms with Gasteiger partial charge in [-0.05, 0) is 31.4 Å². The van der Waals surface area contributed by atoms with Crippen LogP contribution in [0.15, 0.2) is 35.4 Å². The lowest BCUT2D eigenvalue weighted by Gasteiger charge is -2.22. The second kappa shape index (κ2) is 5.69. The molecule has 23 heavy (non-hydrogen) atoms. The molecule has 0 atom stereocenters. The fourth-order valence-electron chi connectivity index (χ4n) is 2.81. The number of carboxylic acid groups (broad SMARTS) is 1. The van der Waals surface area contributed by atoms with Crippen molar-refractivity contribution in [2.75, 3.05) is 11.4 Å². The first-order valence-electron chi connectivity index (χ1n) is 7.29. The maximum Gasteiger partial charge on any atom is 0.337 e. The zero-order chi connectivity index (χ0) is 16.6. The third kappa shape index (κ3) is 2.59. The quantitative estimate of drug-likeness (QED) is 0.919. The molecule has 0 saturated carbocycles. The minimum Gasteiger partial charge on any atom is -0.478 e. The Morgan fingerprint density at radius 3 is 2.78 bits per heavy atom. The van der Waals surface area contributed by atoms with E-state index < -0.39 is 16.0 Å². The lowest BCUT2D eigenvalue weighted by molar-refractivity contribution is 0.0698. The summed E-state index contributed by atoms with van der Waals surface area (Å²) in [5.74, 6) is -1.17. The molecule has 1 aromatic carbocycles. The summed E-state index contributed by atoms with van der Waals surface area (Å²) >= 11 is 0. The van der Waals surface area contributed by atoms with Crippen molar-refractivity contribution in [1.29, 1.82) is 0 Å². The van der Waals surface area contributed by atoms with Crippen molar-refractivity contribution >= 4 is 21.7 Å². The van der Waals surface area contributed by atoms with Crippen LogP contribution in [0.5, 0.6) is 0 Å². The molecule has 0 bridgehead atoms. The van der Waals surface area contributed by atoms with Crippen LogP contribution in [0.2, 0.25) is 0 Å². The standard InChI is InChI=1S/C15H17N3O4S/c1-17(12-7-3-2-6-11(12)15(19)20)23(21,22)14-10-16-18-9-5-4-8-13(14)18/h2-3,6-7,10H,4-5,8-9H2,1H3,(H,19,20). The molecule has 1 N–H and O–H groups in total. The molecule has 2 aromatic rings. The van der Waals surface area contributed by atoms with E-state index in [1.54, 1.807) is 16.8 Å². The third-order valence-electron chi connectivity index (χ3n) is 4.06. The predicted octanol–water partition coefficient (Wildman–Crippen LogP) is 1.74. The number of carboxylic acids is 1. The number of rotatable bonds is 4. The summed E-state index contributed by atoms with van der Waals surface area (Å²) in [6.07, 6.45) is 3.91. The van der Waals surface area contributed by atoms with Gasteiger partial charge in [-0.3, -0.25) is 8.99 Å². The predicted molar refractivity (Wildman–Crippen MR) is 84.2 cm³/mol. The van der Waals surface area contributed by atoms with Crippen molar-refractivity contribution in [3.05, 3.63) is 41.7 Å². The molecule has 8 heteroatoms. The number of hydrogen-bond acceptors (Lipinski definition) is 4. The highest BCUT2D eigenvalue weighted by atomic mass is 32.2. The smallest absolute Gasteiger partial charge is 0.337 e. The average Bonchev–Trinajstić information content (AvgIpc) is 2.98. The summed E-state index contributed by atoms with van der Waals surface area (Å²) in [6.45, 7) is 0.709. The maximum absolute atomic E-state index is 12.9. The molecule has 0 fully saturated rings. The van der Waals surface area contributed by atoms with Gasteiger partial charge in [0.1, 0.15) is 4.90 Å². The first kappa shape index (κ1) is 15.5. The summed E-state index contributed by atoms with van der Waals surface area (Å²) in [7, 11) is -2.49. The molecule has 1 aromatic heterocycles. The van der Waals surface area contributed by atoms with E-state index in [9.17, 15) is 18.3 Å². The number of benzene rings is 1. The van der Waals surface area contributed by atoms with E-state index in [4.69, 9.17) is 0 Å². The molecule has 7 nitrogen and oxygen atoms in total.